The summed E-state index contributed by atoms with van der Waals surface area (Å²) in [5.74, 6) is -0.562. The molecule has 0 spiro atoms. The van der Waals surface area contributed by atoms with Gasteiger partial charge in [0.2, 0.25) is 0 Å². The molecule has 1 aliphatic heterocycles. The minimum absolute atomic E-state index is 0. The quantitative estimate of drug-likeness (QED) is 0.877. The van der Waals surface area contributed by atoms with Crippen LogP contribution in [0.2, 0.25) is 0 Å². The molecule has 1 aromatic carbocycles. The summed E-state index contributed by atoms with van der Waals surface area (Å²) in [5, 5.41) is 6.29. The molecule has 1 amide bonds. The van der Waals surface area contributed by atoms with Crippen molar-refractivity contribution in [2.24, 2.45) is 0 Å². The molecular weight excluding hydrogens is 267 g/mol. The molecule has 3 nitrogen and oxygen atoms in total. The van der Waals surface area contributed by atoms with Gasteiger partial charge in [0.1, 0.15) is 5.82 Å². The highest BCUT2D eigenvalue weighted by Crippen LogP contribution is 2.12. The van der Waals surface area contributed by atoms with E-state index in [4.69, 9.17) is 0 Å². The van der Waals surface area contributed by atoms with Crippen molar-refractivity contribution in [3.05, 3.63) is 35.1 Å². The monoisotopic (exact) mass is 286 g/mol. The van der Waals surface area contributed by atoms with Crippen molar-refractivity contribution in [3.8, 4) is 0 Å². The molecule has 0 aliphatic carbocycles. The number of piperidine rings is 1. The standard InChI is InChI=1S/C14H19FN2O.ClH/c1-9-6-11(8-12(15)7-9)14(18)17-13-4-3-5-16-10(13)2;/h6-8,10,13,16H,3-5H2,1-2H3,(H,17,18);1H. The molecule has 2 atom stereocenters. The smallest absolute Gasteiger partial charge is 0.251 e. The first-order valence-corrected chi connectivity index (χ1v) is 6.37. The number of nitrogens with one attached hydrogen (secondary N) is 2. The third-order valence-electron chi connectivity index (χ3n) is 3.38. The molecule has 5 heteroatoms. The van der Waals surface area contributed by atoms with Gasteiger partial charge in [-0.3, -0.25) is 4.79 Å². The second kappa shape index (κ2) is 6.87. The van der Waals surface area contributed by atoms with Crippen molar-refractivity contribution in [2.45, 2.75) is 38.8 Å². The van der Waals surface area contributed by atoms with Gasteiger partial charge >= 0.3 is 0 Å². The fraction of sp³-hybridized carbons (Fsp3) is 0.500. The van der Waals surface area contributed by atoms with Crippen LogP contribution in [0.3, 0.4) is 0 Å². The van der Waals surface area contributed by atoms with E-state index < -0.39 is 0 Å². The number of halogens is 2. The third-order valence-corrected chi connectivity index (χ3v) is 3.38. The molecule has 19 heavy (non-hydrogen) atoms. The SMILES string of the molecule is Cc1cc(F)cc(C(=O)NC2CCCNC2C)c1.Cl. The fourth-order valence-electron chi connectivity index (χ4n) is 2.36. The summed E-state index contributed by atoms with van der Waals surface area (Å²) in [6, 6.07) is 4.79. The average Bonchev–Trinajstić information content (AvgIpc) is 2.31. The van der Waals surface area contributed by atoms with E-state index in [1.54, 1.807) is 13.0 Å². The van der Waals surface area contributed by atoms with Crippen LogP contribution in [0.1, 0.15) is 35.7 Å². The predicted molar refractivity (Wildman–Crippen MR) is 76.3 cm³/mol. The van der Waals surface area contributed by atoms with Crippen LogP contribution in [0.4, 0.5) is 4.39 Å². The Morgan fingerprint density at radius 3 is 2.79 bits per heavy atom. The maximum atomic E-state index is 13.3. The third kappa shape index (κ3) is 4.18. The Kier molecular flexibility index (Phi) is 5.76. The Bertz CT molecular complexity index is 433. The lowest BCUT2D eigenvalue weighted by Crippen LogP contribution is -2.51. The molecule has 1 aromatic rings. The van der Waals surface area contributed by atoms with E-state index in [-0.39, 0.29) is 36.2 Å². The Hall–Kier alpha value is -1.13. The first-order valence-electron chi connectivity index (χ1n) is 6.37. The maximum Gasteiger partial charge on any atom is 0.251 e. The van der Waals surface area contributed by atoms with Gasteiger partial charge in [0.05, 0.1) is 0 Å². The molecular formula is C14H20ClFN2O. The molecule has 2 rings (SSSR count). The van der Waals surface area contributed by atoms with E-state index in [9.17, 15) is 9.18 Å². The van der Waals surface area contributed by atoms with Crippen molar-refractivity contribution < 1.29 is 9.18 Å². The van der Waals surface area contributed by atoms with Crippen LogP contribution in [0.25, 0.3) is 0 Å². The van der Waals surface area contributed by atoms with E-state index in [0.717, 1.165) is 24.9 Å². The molecule has 2 N–H and O–H groups in total. The lowest BCUT2D eigenvalue weighted by molar-refractivity contribution is 0.0919. The summed E-state index contributed by atoms with van der Waals surface area (Å²) in [4.78, 5) is 12.1. The van der Waals surface area contributed by atoms with Gasteiger partial charge in [0.15, 0.2) is 0 Å². The summed E-state index contributed by atoms with van der Waals surface area (Å²) in [5.41, 5.74) is 1.15. The lowest BCUT2D eigenvalue weighted by atomic mass is 9.99. The topological polar surface area (TPSA) is 41.1 Å². The first kappa shape index (κ1) is 15.9. The Morgan fingerprint density at radius 1 is 1.42 bits per heavy atom. The molecule has 0 saturated carbocycles. The summed E-state index contributed by atoms with van der Waals surface area (Å²) in [7, 11) is 0. The number of rotatable bonds is 2. The molecule has 2 unspecified atom stereocenters. The Labute approximate surface area is 119 Å². The largest absolute Gasteiger partial charge is 0.348 e. The first-order chi connectivity index (χ1) is 8.56. The van der Waals surface area contributed by atoms with E-state index in [0.29, 0.717) is 5.56 Å². The highest BCUT2D eigenvalue weighted by Gasteiger charge is 2.22. The number of carbonyl (C=O) groups is 1. The highest BCUT2D eigenvalue weighted by atomic mass is 35.5. The zero-order valence-corrected chi connectivity index (χ0v) is 12.0. The molecule has 106 valence electrons. The number of aryl methyl sites for hydroxylation is 1. The van der Waals surface area contributed by atoms with Crippen LogP contribution in [-0.4, -0.2) is 24.5 Å². The number of hydrogen-bond donors (Lipinski definition) is 2. The Morgan fingerprint density at radius 2 is 2.16 bits per heavy atom. The van der Waals surface area contributed by atoms with E-state index in [1.807, 2.05) is 0 Å². The summed E-state index contributed by atoms with van der Waals surface area (Å²) in [6.07, 6.45) is 2.02. The molecule has 1 fully saturated rings. The molecule has 1 saturated heterocycles. The van der Waals surface area contributed by atoms with Crippen molar-refractivity contribution >= 4 is 18.3 Å². The molecule has 0 bridgehead atoms. The van der Waals surface area contributed by atoms with Crippen molar-refractivity contribution in [3.63, 3.8) is 0 Å². The van der Waals surface area contributed by atoms with Gasteiger partial charge in [-0.25, -0.2) is 4.39 Å². The Balaban J connectivity index is 0.00000180. The second-order valence-electron chi connectivity index (χ2n) is 4.98. The number of amides is 1. The van der Waals surface area contributed by atoms with Gasteiger partial charge in [0.25, 0.3) is 5.91 Å². The van der Waals surface area contributed by atoms with E-state index in [1.165, 1.54) is 12.1 Å². The van der Waals surface area contributed by atoms with Crippen LogP contribution in [0.15, 0.2) is 18.2 Å². The maximum absolute atomic E-state index is 13.3. The van der Waals surface area contributed by atoms with Crippen molar-refractivity contribution in [2.75, 3.05) is 6.54 Å². The van der Waals surface area contributed by atoms with Crippen LogP contribution in [0.5, 0.6) is 0 Å². The lowest BCUT2D eigenvalue weighted by Gasteiger charge is -2.30. The van der Waals surface area contributed by atoms with Gasteiger partial charge in [-0.2, -0.15) is 0 Å². The van der Waals surface area contributed by atoms with E-state index in [2.05, 4.69) is 17.6 Å². The van der Waals surface area contributed by atoms with Gasteiger partial charge in [-0.05, 0) is 57.0 Å². The normalized spacial score (nSPS) is 22.5. The molecule has 1 aliphatic rings. The highest BCUT2D eigenvalue weighted by molar-refractivity contribution is 5.94. The fourth-order valence-corrected chi connectivity index (χ4v) is 2.36. The van der Waals surface area contributed by atoms with Gasteiger partial charge in [0, 0.05) is 17.6 Å². The second-order valence-corrected chi connectivity index (χ2v) is 4.98. The van der Waals surface area contributed by atoms with Crippen LogP contribution >= 0.6 is 12.4 Å². The van der Waals surface area contributed by atoms with Crippen LogP contribution in [-0.2, 0) is 0 Å². The summed E-state index contributed by atoms with van der Waals surface area (Å²) >= 11 is 0. The van der Waals surface area contributed by atoms with Crippen LogP contribution in [0, 0.1) is 12.7 Å². The molecule has 1 heterocycles. The number of benzene rings is 1. The van der Waals surface area contributed by atoms with E-state index >= 15 is 0 Å². The van der Waals surface area contributed by atoms with Crippen LogP contribution < -0.4 is 10.6 Å². The zero-order chi connectivity index (χ0) is 13.1. The summed E-state index contributed by atoms with van der Waals surface area (Å²) in [6.45, 7) is 4.83. The van der Waals surface area contributed by atoms with Crippen molar-refractivity contribution in [1.29, 1.82) is 0 Å². The number of carbonyl (C=O) groups excluding carboxylic acids is 1. The average molecular weight is 287 g/mol. The van der Waals surface area contributed by atoms with Crippen molar-refractivity contribution in [1.82, 2.24) is 10.6 Å². The molecule has 0 aromatic heterocycles. The summed E-state index contributed by atoms with van der Waals surface area (Å²) < 4.78 is 13.3. The zero-order valence-electron chi connectivity index (χ0n) is 11.2. The van der Waals surface area contributed by atoms with Gasteiger partial charge in [-0.15, -0.1) is 12.4 Å². The van der Waals surface area contributed by atoms with Gasteiger partial charge in [-0.1, -0.05) is 0 Å². The minimum Gasteiger partial charge on any atom is -0.348 e. The molecule has 0 radical (unpaired) electrons. The number of hydrogen-bond acceptors (Lipinski definition) is 2. The minimum atomic E-state index is -0.366. The van der Waals surface area contributed by atoms with Gasteiger partial charge < -0.3 is 10.6 Å². The predicted octanol–water partition coefficient (Wildman–Crippen LogP) is 2.43.